The molecule has 0 atom stereocenters. The second-order valence-electron chi connectivity index (χ2n) is 5.18. The van der Waals surface area contributed by atoms with Crippen LogP contribution in [-0.2, 0) is 0 Å². The van der Waals surface area contributed by atoms with Gasteiger partial charge in [0, 0.05) is 6.20 Å². The molecule has 0 aliphatic rings. The number of carbonyl (C=O) groups is 1. The van der Waals surface area contributed by atoms with Crippen molar-refractivity contribution in [2.24, 2.45) is 0 Å². The Morgan fingerprint density at radius 2 is 1.81 bits per heavy atom. The van der Waals surface area contributed by atoms with Crippen LogP contribution < -0.4 is 16.6 Å². The Kier molecular flexibility index (Phi) is 4.92. The van der Waals surface area contributed by atoms with Crippen LogP contribution in [0.4, 0.5) is 10.1 Å². The summed E-state index contributed by atoms with van der Waals surface area (Å²) in [5.41, 5.74) is -1.69. The van der Waals surface area contributed by atoms with Gasteiger partial charge in [0.05, 0.1) is 21.4 Å². The maximum atomic E-state index is 13.3. The first kappa shape index (κ1) is 17.9. The Labute approximate surface area is 155 Å². The Morgan fingerprint density at radius 1 is 1.08 bits per heavy atom. The van der Waals surface area contributed by atoms with Crippen molar-refractivity contribution in [3.05, 3.63) is 90.9 Å². The number of carbonyl (C=O) groups excluding carboxylic acids is 1. The molecule has 0 saturated heterocycles. The van der Waals surface area contributed by atoms with Gasteiger partial charge >= 0.3 is 5.69 Å². The Bertz CT molecular complexity index is 1120. The van der Waals surface area contributed by atoms with Gasteiger partial charge in [-0.3, -0.25) is 9.59 Å². The molecular formula is C17H10Cl2FN3O3. The van der Waals surface area contributed by atoms with Crippen LogP contribution in [0.25, 0.3) is 5.69 Å². The van der Waals surface area contributed by atoms with E-state index in [0.29, 0.717) is 10.3 Å². The Hall–Kier alpha value is -2.90. The number of nitrogens with one attached hydrogen (secondary N) is 2. The van der Waals surface area contributed by atoms with Crippen molar-refractivity contribution in [1.29, 1.82) is 0 Å². The van der Waals surface area contributed by atoms with Crippen molar-refractivity contribution in [2.75, 3.05) is 5.32 Å². The number of halogens is 3. The molecule has 9 heteroatoms. The smallest absolute Gasteiger partial charge is 0.320 e. The van der Waals surface area contributed by atoms with E-state index in [1.807, 2.05) is 0 Å². The minimum absolute atomic E-state index is 0.0232. The average Bonchev–Trinajstić information content (AvgIpc) is 2.60. The zero-order valence-electron chi connectivity index (χ0n) is 12.9. The number of hydrogen-bond acceptors (Lipinski definition) is 3. The predicted molar refractivity (Wildman–Crippen MR) is 97.0 cm³/mol. The van der Waals surface area contributed by atoms with Crippen LogP contribution in [0.3, 0.4) is 0 Å². The molecule has 1 aromatic heterocycles. The first-order chi connectivity index (χ1) is 12.4. The lowest BCUT2D eigenvalue weighted by Gasteiger charge is -2.09. The van der Waals surface area contributed by atoms with Crippen molar-refractivity contribution >= 4 is 34.8 Å². The van der Waals surface area contributed by atoms with Crippen LogP contribution in [0.2, 0.25) is 10.0 Å². The molecule has 1 heterocycles. The molecule has 0 saturated carbocycles. The summed E-state index contributed by atoms with van der Waals surface area (Å²) in [6, 6.07) is 9.81. The van der Waals surface area contributed by atoms with Gasteiger partial charge in [-0.1, -0.05) is 35.3 Å². The molecule has 0 aliphatic carbocycles. The molecule has 0 radical (unpaired) electrons. The molecule has 0 fully saturated rings. The first-order valence-corrected chi connectivity index (χ1v) is 8.00. The molecule has 3 aromatic rings. The van der Waals surface area contributed by atoms with E-state index in [-0.39, 0.29) is 21.3 Å². The predicted octanol–water partition coefficient (Wildman–Crippen LogP) is 3.22. The van der Waals surface area contributed by atoms with Crippen LogP contribution in [0, 0.1) is 5.82 Å². The molecule has 0 aliphatic heterocycles. The quantitative estimate of drug-likeness (QED) is 0.716. The zero-order chi connectivity index (χ0) is 18.8. The van der Waals surface area contributed by atoms with E-state index in [1.54, 1.807) is 24.3 Å². The summed E-state index contributed by atoms with van der Waals surface area (Å²) in [7, 11) is 0. The molecule has 132 valence electrons. The lowest BCUT2D eigenvalue weighted by molar-refractivity contribution is 0.102. The van der Waals surface area contributed by atoms with Crippen molar-refractivity contribution in [3.63, 3.8) is 0 Å². The Morgan fingerprint density at radius 3 is 2.50 bits per heavy atom. The number of anilines is 1. The molecule has 2 aromatic carbocycles. The lowest BCUT2D eigenvalue weighted by atomic mass is 10.2. The van der Waals surface area contributed by atoms with Crippen molar-refractivity contribution in [2.45, 2.75) is 0 Å². The van der Waals surface area contributed by atoms with Gasteiger partial charge in [-0.15, -0.1) is 0 Å². The second kappa shape index (κ2) is 7.15. The van der Waals surface area contributed by atoms with Crippen LogP contribution in [0.5, 0.6) is 0 Å². The van der Waals surface area contributed by atoms with E-state index in [4.69, 9.17) is 23.2 Å². The summed E-state index contributed by atoms with van der Waals surface area (Å²) in [5, 5.41) is 2.52. The largest absolute Gasteiger partial charge is 0.333 e. The summed E-state index contributed by atoms with van der Waals surface area (Å²) < 4.78 is 14.0. The standard InChI is InChI=1S/C17H10Cl2FN3O3/c18-11-3-1-2-4-14(11)22-15(24)10-8-21-17(26)23(16(10)25)9-5-6-13(20)12(19)7-9/h1-8H,(H,21,26)(H,22,24). The maximum absolute atomic E-state index is 13.3. The highest BCUT2D eigenvalue weighted by Crippen LogP contribution is 2.21. The van der Waals surface area contributed by atoms with E-state index < -0.39 is 23.0 Å². The molecule has 3 rings (SSSR count). The topological polar surface area (TPSA) is 84.0 Å². The van der Waals surface area contributed by atoms with Crippen LogP contribution in [0.1, 0.15) is 10.4 Å². The third-order valence-corrected chi connectivity index (χ3v) is 4.12. The maximum Gasteiger partial charge on any atom is 0.333 e. The third kappa shape index (κ3) is 3.40. The number of rotatable bonds is 3. The lowest BCUT2D eigenvalue weighted by Crippen LogP contribution is -2.38. The fourth-order valence-electron chi connectivity index (χ4n) is 2.25. The van der Waals surface area contributed by atoms with Crippen molar-refractivity contribution in [1.82, 2.24) is 9.55 Å². The number of para-hydroxylation sites is 1. The highest BCUT2D eigenvalue weighted by atomic mass is 35.5. The summed E-state index contributed by atoms with van der Waals surface area (Å²) in [5.74, 6) is -1.46. The Balaban J connectivity index is 2.06. The summed E-state index contributed by atoms with van der Waals surface area (Å²) in [6.07, 6.45) is 0.998. The summed E-state index contributed by atoms with van der Waals surface area (Å²) in [6.45, 7) is 0. The molecule has 26 heavy (non-hydrogen) atoms. The van der Waals surface area contributed by atoms with E-state index in [9.17, 15) is 18.8 Å². The number of hydrogen-bond donors (Lipinski definition) is 2. The molecule has 2 N–H and O–H groups in total. The highest BCUT2D eigenvalue weighted by molar-refractivity contribution is 6.33. The summed E-state index contributed by atoms with van der Waals surface area (Å²) in [4.78, 5) is 39.4. The van der Waals surface area contributed by atoms with Gasteiger partial charge in [0.25, 0.3) is 11.5 Å². The van der Waals surface area contributed by atoms with E-state index in [1.165, 1.54) is 6.07 Å². The molecule has 6 nitrogen and oxygen atoms in total. The number of nitrogens with zero attached hydrogens (tertiary/aromatic N) is 1. The van der Waals surface area contributed by atoms with Crippen LogP contribution in [0.15, 0.2) is 58.3 Å². The minimum atomic E-state index is -0.888. The van der Waals surface area contributed by atoms with Gasteiger partial charge in [0.2, 0.25) is 0 Å². The second-order valence-corrected chi connectivity index (χ2v) is 5.99. The fourth-order valence-corrected chi connectivity index (χ4v) is 2.60. The van der Waals surface area contributed by atoms with Crippen LogP contribution in [-0.4, -0.2) is 15.5 Å². The van der Waals surface area contributed by atoms with Gasteiger partial charge in [0.1, 0.15) is 11.4 Å². The number of aromatic nitrogens is 2. The highest BCUT2D eigenvalue weighted by Gasteiger charge is 2.17. The van der Waals surface area contributed by atoms with Crippen LogP contribution >= 0.6 is 23.2 Å². The van der Waals surface area contributed by atoms with Gasteiger partial charge in [-0.25, -0.2) is 13.8 Å². The number of aromatic amines is 1. The number of benzene rings is 2. The molecule has 1 amide bonds. The fraction of sp³-hybridized carbons (Fsp3) is 0. The van der Waals surface area contributed by atoms with E-state index >= 15 is 0 Å². The molecule has 0 spiro atoms. The molecule has 0 bridgehead atoms. The monoisotopic (exact) mass is 393 g/mol. The van der Waals surface area contributed by atoms with E-state index in [2.05, 4.69) is 10.3 Å². The summed E-state index contributed by atoms with van der Waals surface area (Å²) >= 11 is 11.7. The van der Waals surface area contributed by atoms with Gasteiger partial charge < -0.3 is 10.3 Å². The molecule has 0 unspecified atom stereocenters. The van der Waals surface area contributed by atoms with Gasteiger partial charge in [0.15, 0.2) is 0 Å². The van der Waals surface area contributed by atoms with Crippen molar-refractivity contribution in [3.8, 4) is 5.69 Å². The van der Waals surface area contributed by atoms with E-state index in [0.717, 1.165) is 18.3 Å². The number of amides is 1. The van der Waals surface area contributed by atoms with Gasteiger partial charge in [-0.2, -0.15) is 0 Å². The number of H-pyrrole nitrogens is 1. The first-order valence-electron chi connectivity index (χ1n) is 7.24. The SMILES string of the molecule is O=C(Nc1ccccc1Cl)c1c[nH]c(=O)n(-c2ccc(F)c(Cl)c2)c1=O. The third-order valence-electron chi connectivity index (χ3n) is 3.50. The normalized spacial score (nSPS) is 10.6. The zero-order valence-corrected chi connectivity index (χ0v) is 14.4. The molecular weight excluding hydrogens is 384 g/mol. The minimum Gasteiger partial charge on any atom is -0.320 e. The van der Waals surface area contributed by atoms with Gasteiger partial charge in [-0.05, 0) is 30.3 Å². The average molecular weight is 394 g/mol. The van der Waals surface area contributed by atoms with Crippen molar-refractivity contribution < 1.29 is 9.18 Å².